The molecule has 1 fully saturated rings. The quantitative estimate of drug-likeness (QED) is 0.334. The highest BCUT2D eigenvalue weighted by Crippen LogP contribution is 2.32. The summed E-state index contributed by atoms with van der Waals surface area (Å²) in [6, 6.07) is 0. The molecular formula is C10H14N6O5. The van der Waals surface area contributed by atoms with Gasteiger partial charge >= 0.3 is 0 Å². The van der Waals surface area contributed by atoms with Crippen molar-refractivity contribution in [2.45, 2.75) is 24.5 Å². The van der Waals surface area contributed by atoms with Crippen LogP contribution in [-0.4, -0.2) is 59.8 Å². The standard InChI is InChI=1S/C10H14N6O5/c11-9-14-6-3(7(20)15-9)13-10(12)16(6)8-5(19)4(18)2(1-17)21-8/h2,4-5,8,17-19H,1H2,(H2,12,13)(H3,11,14,15,20)/t2-,4-,5-,8+/m0/s1. The van der Waals surface area contributed by atoms with E-state index in [1.807, 2.05) is 0 Å². The third-order valence-corrected chi connectivity index (χ3v) is 3.37. The molecule has 0 aliphatic carbocycles. The van der Waals surface area contributed by atoms with E-state index in [2.05, 4.69) is 15.0 Å². The fraction of sp³-hybridized carbons (Fsp3) is 0.500. The van der Waals surface area contributed by atoms with Crippen LogP contribution in [-0.2, 0) is 4.74 Å². The van der Waals surface area contributed by atoms with Gasteiger partial charge in [0.2, 0.25) is 11.9 Å². The van der Waals surface area contributed by atoms with Crippen molar-refractivity contribution in [2.75, 3.05) is 18.1 Å². The van der Waals surface area contributed by atoms with Gasteiger partial charge in [-0.3, -0.25) is 14.3 Å². The number of hydrogen-bond donors (Lipinski definition) is 6. The molecule has 21 heavy (non-hydrogen) atoms. The zero-order valence-electron chi connectivity index (χ0n) is 10.7. The van der Waals surface area contributed by atoms with E-state index in [0.717, 1.165) is 4.57 Å². The van der Waals surface area contributed by atoms with Crippen LogP contribution in [0.5, 0.6) is 0 Å². The first-order valence-corrected chi connectivity index (χ1v) is 6.09. The SMILES string of the molecule is Nc1nc2c(nc(N)n2[C@@H]2O[C@@H](CO)[C@H](O)[C@@H]2O)c(=O)[nH]1. The van der Waals surface area contributed by atoms with Crippen LogP contribution in [0.15, 0.2) is 4.79 Å². The topological polar surface area (TPSA) is 186 Å². The highest BCUT2D eigenvalue weighted by molar-refractivity contribution is 5.74. The molecule has 0 bridgehead atoms. The van der Waals surface area contributed by atoms with Gasteiger partial charge in [0.05, 0.1) is 6.61 Å². The Morgan fingerprint density at radius 1 is 1.29 bits per heavy atom. The molecule has 2 aromatic rings. The van der Waals surface area contributed by atoms with Gasteiger partial charge in [-0.2, -0.15) is 4.98 Å². The average Bonchev–Trinajstić information content (AvgIpc) is 2.89. The molecule has 1 saturated heterocycles. The molecule has 0 radical (unpaired) electrons. The smallest absolute Gasteiger partial charge is 0.280 e. The molecule has 3 heterocycles. The molecule has 0 saturated carbocycles. The zero-order valence-corrected chi connectivity index (χ0v) is 10.7. The minimum Gasteiger partial charge on any atom is -0.394 e. The number of rotatable bonds is 2. The van der Waals surface area contributed by atoms with Gasteiger partial charge in [-0.25, -0.2) is 4.98 Å². The first kappa shape index (κ1) is 13.8. The van der Waals surface area contributed by atoms with Gasteiger partial charge in [-0.1, -0.05) is 0 Å². The molecule has 1 aliphatic rings. The van der Waals surface area contributed by atoms with Crippen LogP contribution in [0.2, 0.25) is 0 Å². The molecule has 0 spiro atoms. The maximum Gasteiger partial charge on any atom is 0.280 e. The van der Waals surface area contributed by atoms with Crippen LogP contribution >= 0.6 is 0 Å². The van der Waals surface area contributed by atoms with Crippen LogP contribution in [0.4, 0.5) is 11.9 Å². The van der Waals surface area contributed by atoms with Crippen LogP contribution < -0.4 is 17.0 Å². The molecule has 1 aliphatic heterocycles. The number of aromatic nitrogens is 4. The van der Waals surface area contributed by atoms with Crippen molar-refractivity contribution in [3.8, 4) is 0 Å². The predicted molar refractivity (Wildman–Crippen MR) is 70.0 cm³/mol. The van der Waals surface area contributed by atoms with Crippen LogP contribution in [0, 0.1) is 0 Å². The number of nitrogen functional groups attached to an aromatic ring is 2. The summed E-state index contributed by atoms with van der Waals surface area (Å²) in [5.74, 6) is -0.288. The van der Waals surface area contributed by atoms with Crippen LogP contribution in [0.1, 0.15) is 6.23 Å². The normalized spacial score (nSPS) is 29.3. The molecule has 8 N–H and O–H groups in total. The number of nitrogens with zero attached hydrogens (tertiary/aromatic N) is 3. The first-order valence-electron chi connectivity index (χ1n) is 6.09. The van der Waals surface area contributed by atoms with E-state index in [1.165, 1.54) is 0 Å². The fourth-order valence-corrected chi connectivity index (χ4v) is 2.36. The molecule has 4 atom stereocenters. The summed E-state index contributed by atoms with van der Waals surface area (Å²) < 4.78 is 6.51. The predicted octanol–water partition coefficient (Wildman–Crippen LogP) is -3.10. The Hall–Kier alpha value is -2.21. The van der Waals surface area contributed by atoms with E-state index in [1.54, 1.807) is 0 Å². The van der Waals surface area contributed by atoms with Crippen molar-refractivity contribution in [3.05, 3.63) is 10.4 Å². The number of nitrogens with one attached hydrogen (secondary N) is 1. The summed E-state index contributed by atoms with van der Waals surface area (Å²) in [6.45, 7) is -0.489. The Balaban J connectivity index is 2.17. The Bertz CT molecular complexity index is 741. The molecule has 2 aromatic heterocycles. The Kier molecular flexibility index (Phi) is 3.06. The van der Waals surface area contributed by atoms with Crippen molar-refractivity contribution >= 4 is 23.1 Å². The number of imidazole rings is 1. The van der Waals surface area contributed by atoms with E-state index < -0.39 is 36.7 Å². The number of anilines is 2. The van der Waals surface area contributed by atoms with E-state index in [0.29, 0.717) is 0 Å². The van der Waals surface area contributed by atoms with Crippen molar-refractivity contribution in [2.24, 2.45) is 0 Å². The zero-order chi connectivity index (χ0) is 15.3. The second-order valence-electron chi connectivity index (χ2n) is 4.69. The summed E-state index contributed by atoms with van der Waals surface area (Å²) in [5, 5.41) is 28.9. The minimum absolute atomic E-state index is 0.0172. The minimum atomic E-state index is -1.37. The molecule has 0 amide bonds. The fourth-order valence-electron chi connectivity index (χ4n) is 2.36. The van der Waals surface area contributed by atoms with Gasteiger partial charge in [0.25, 0.3) is 5.56 Å². The van der Waals surface area contributed by atoms with Gasteiger partial charge in [-0.15, -0.1) is 0 Å². The lowest BCUT2D eigenvalue weighted by Gasteiger charge is -2.17. The van der Waals surface area contributed by atoms with E-state index in [-0.39, 0.29) is 23.1 Å². The Labute approximate surface area is 116 Å². The second-order valence-corrected chi connectivity index (χ2v) is 4.69. The molecule has 114 valence electrons. The van der Waals surface area contributed by atoms with Crippen LogP contribution in [0.25, 0.3) is 11.2 Å². The maximum atomic E-state index is 11.7. The molecule has 11 nitrogen and oxygen atoms in total. The van der Waals surface area contributed by atoms with Crippen molar-refractivity contribution in [3.63, 3.8) is 0 Å². The highest BCUT2D eigenvalue weighted by atomic mass is 16.6. The van der Waals surface area contributed by atoms with Crippen molar-refractivity contribution in [1.29, 1.82) is 0 Å². The lowest BCUT2D eigenvalue weighted by Crippen LogP contribution is -2.33. The number of nitrogens with two attached hydrogens (primary N) is 2. The summed E-state index contributed by atoms with van der Waals surface area (Å²) in [7, 11) is 0. The summed E-state index contributed by atoms with van der Waals surface area (Å²) in [5.41, 5.74) is 10.6. The Morgan fingerprint density at radius 2 is 2.00 bits per heavy atom. The lowest BCUT2D eigenvalue weighted by molar-refractivity contribution is -0.0500. The van der Waals surface area contributed by atoms with Crippen molar-refractivity contribution < 1.29 is 20.1 Å². The third-order valence-electron chi connectivity index (χ3n) is 3.37. The molecule has 0 unspecified atom stereocenters. The second kappa shape index (κ2) is 4.66. The number of H-pyrrole nitrogens is 1. The highest BCUT2D eigenvalue weighted by Gasteiger charge is 2.44. The monoisotopic (exact) mass is 298 g/mol. The van der Waals surface area contributed by atoms with Crippen LogP contribution in [0.3, 0.4) is 0 Å². The number of fused-ring (bicyclic) bond motifs is 1. The third kappa shape index (κ3) is 1.94. The molecular weight excluding hydrogens is 284 g/mol. The molecule has 0 aromatic carbocycles. The van der Waals surface area contributed by atoms with E-state index in [9.17, 15) is 15.0 Å². The van der Waals surface area contributed by atoms with E-state index >= 15 is 0 Å². The first-order chi connectivity index (χ1) is 9.93. The maximum absolute atomic E-state index is 11.7. The average molecular weight is 298 g/mol. The summed E-state index contributed by atoms with van der Waals surface area (Å²) in [6.07, 6.45) is -4.81. The van der Waals surface area contributed by atoms with Gasteiger partial charge in [0, 0.05) is 0 Å². The number of aromatic amines is 1. The van der Waals surface area contributed by atoms with Gasteiger partial charge in [-0.05, 0) is 0 Å². The van der Waals surface area contributed by atoms with Gasteiger partial charge in [0.1, 0.15) is 18.3 Å². The van der Waals surface area contributed by atoms with Gasteiger partial charge in [0.15, 0.2) is 17.4 Å². The summed E-state index contributed by atoms with van der Waals surface area (Å²) >= 11 is 0. The molecule has 3 rings (SSSR count). The number of ether oxygens (including phenoxy) is 1. The number of hydrogen-bond acceptors (Lipinski definition) is 9. The van der Waals surface area contributed by atoms with E-state index in [4.69, 9.17) is 21.3 Å². The summed E-state index contributed by atoms with van der Waals surface area (Å²) in [4.78, 5) is 21.8. The number of aliphatic hydroxyl groups excluding tert-OH is 3. The Morgan fingerprint density at radius 3 is 2.62 bits per heavy atom. The largest absolute Gasteiger partial charge is 0.394 e. The van der Waals surface area contributed by atoms with Crippen molar-refractivity contribution in [1.82, 2.24) is 19.5 Å². The van der Waals surface area contributed by atoms with Gasteiger partial charge < -0.3 is 31.5 Å². The molecule has 11 heteroatoms. The lowest BCUT2D eigenvalue weighted by atomic mass is 10.1. The number of aliphatic hydroxyl groups is 3.